The Labute approximate surface area is 109 Å². The molecule has 0 amide bonds. The van der Waals surface area contributed by atoms with Crippen LogP contribution in [0.4, 0.5) is 0 Å². The van der Waals surface area contributed by atoms with Gasteiger partial charge in [-0.25, -0.2) is 0 Å². The fraction of sp³-hybridized carbons (Fsp3) is 0.714. The molecule has 3 heteroatoms. The standard InChI is InChI=1S/C14H24N2S/c1-5-14(4)11-16(13(2,3)10-15-14)8-12-6-7-17-9-12/h6-7,9,15H,5,8,10-11H2,1-4H3. The normalized spacial score (nSPS) is 29.4. The quantitative estimate of drug-likeness (QED) is 0.889. The van der Waals surface area contributed by atoms with Gasteiger partial charge >= 0.3 is 0 Å². The lowest BCUT2D eigenvalue weighted by Crippen LogP contribution is -2.66. The zero-order valence-electron chi connectivity index (χ0n) is 11.4. The Kier molecular flexibility index (Phi) is 3.62. The molecule has 1 aliphatic heterocycles. The van der Waals surface area contributed by atoms with Crippen LogP contribution in [0.5, 0.6) is 0 Å². The van der Waals surface area contributed by atoms with E-state index in [0.717, 1.165) is 19.6 Å². The number of piperazine rings is 1. The van der Waals surface area contributed by atoms with E-state index in [4.69, 9.17) is 0 Å². The van der Waals surface area contributed by atoms with Crippen molar-refractivity contribution >= 4 is 11.3 Å². The molecule has 1 aromatic rings. The first-order valence-corrected chi connectivity index (χ1v) is 7.41. The number of hydrogen-bond donors (Lipinski definition) is 1. The van der Waals surface area contributed by atoms with Gasteiger partial charge in [-0.3, -0.25) is 4.90 Å². The fourth-order valence-electron chi connectivity index (χ4n) is 2.34. The number of nitrogens with one attached hydrogen (secondary N) is 1. The third-order valence-corrected chi connectivity index (χ3v) is 4.81. The molecule has 17 heavy (non-hydrogen) atoms. The minimum atomic E-state index is 0.247. The second kappa shape index (κ2) is 4.71. The van der Waals surface area contributed by atoms with Gasteiger partial charge in [-0.05, 0) is 49.6 Å². The summed E-state index contributed by atoms with van der Waals surface area (Å²) in [6.45, 7) is 12.6. The largest absolute Gasteiger partial charge is 0.308 e. The minimum Gasteiger partial charge on any atom is -0.308 e. The maximum absolute atomic E-state index is 3.71. The van der Waals surface area contributed by atoms with Crippen molar-refractivity contribution in [2.75, 3.05) is 13.1 Å². The monoisotopic (exact) mass is 252 g/mol. The highest BCUT2D eigenvalue weighted by Crippen LogP contribution is 2.27. The number of nitrogens with zero attached hydrogens (tertiary/aromatic N) is 1. The van der Waals surface area contributed by atoms with Crippen molar-refractivity contribution in [3.8, 4) is 0 Å². The third kappa shape index (κ3) is 2.90. The summed E-state index contributed by atoms with van der Waals surface area (Å²) in [7, 11) is 0. The first-order valence-electron chi connectivity index (χ1n) is 6.46. The summed E-state index contributed by atoms with van der Waals surface area (Å²) in [5.74, 6) is 0. The van der Waals surface area contributed by atoms with Gasteiger partial charge in [0.15, 0.2) is 0 Å². The lowest BCUT2D eigenvalue weighted by molar-refractivity contribution is 0.0247. The van der Waals surface area contributed by atoms with Crippen molar-refractivity contribution in [1.29, 1.82) is 0 Å². The van der Waals surface area contributed by atoms with Crippen molar-refractivity contribution in [3.63, 3.8) is 0 Å². The van der Waals surface area contributed by atoms with E-state index in [-0.39, 0.29) is 11.1 Å². The molecule has 2 nitrogen and oxygen atoms in total. The highest BCUT2D eigenvalue weighted by molar-refractivity contribution is 7.07. The SMILES string of the molecule is CCC1(C)CN(Cc2ccsc2)C(C)(C)CN1. The van der Waals surface area contributed by atoms with E-state index in [1.807, 2.05) is 0 Å². The molecule has 1 fully saturated rings. The molecule has 0 spiro atoms. The second-order valence-corrected chi connectivity index (χ2v) is 6.85. The molecule has 1 N–H and O–H groups in total. The fourth-order valence-corrected chi connectivity index (χ4v) is 3.00. The maximum Gasteiger partial charge on any atom is 0.0282 e. The van der Waals surface area contributed by atoms with Gasteiger partial charge in [0, 0.05) is 30.7 Å². The van der Waals surface area contributed by atoms with Gasteiger partial charge in [0.25, 0.3) is 0 Å². The van der Waals surface area contributed by atoms with Crippen LogP contribution in [0.3, 0.4) is 0 Å². The third-order valence-electron chi connectivity index (χ3n) is 4.08. The zero-order valence-corrected chi connectivity index (χ0v) is 12.2. The summed E-state index contributed by atoms with van der Waals surface area (Å²) in [5.41, 5.74) is 1.96. The van der Waals surface area contributed by atoms with Crippen molar-refractivity contribution in [2.24, 2.45) is 0 Å². The highest BCUT2D eigenvalue weighted by atomic mass is 32.1. The van der Waals surface area contributed by atoms with Crippen molar-refractivity contribution in [2.45, 2.75) is 51.7 Å². The lowest BCUT2D eigenvalue weighted by Gasteiger charge is -2.50. The first-order chi connectivity index (χ1) is 7.95. The molecule has 1 unspecified atom stereocenters. The molecule has 1 atom stereocenters. The number of rotatable bonds is 3. The van der Waals surface area contributed by atoms with Crippen LogP contribution >= 0.6 is 11.3 Å². The highest BCUT2D eigenvalue weighted by Gasteiger charge is 2.38. The van der Waals surface area contributed by atoms with Crippen LogP contribution in [0.25, 0.3) is 0 Å². The van der Waals surface area contributed by atoms with Gasteiger partial charge in [0.2, 0.25) is 0 Å². The molecule has 0 radical (unpaired) electrons. The van der Waals surface area contributed by atoms with Crippen molar-refractivity contribution in [1.82, 2.24) is 10.2 Å². The van der Waals surface area contributed by atoms with Crippen molar-refractivity contribution in [3.05, 3.63) is 22.4 Å². The van der Waals surface area contributed by atoms with Gasteiger partial charge in [-0.1, -0.05) is 6.92 Å². The first kappa shape index (κ1) is 13.1. The van der Waals surface area contributed by atoms with E-state index in [2.05, 4.69) is 54.7 Å². The van der Waals surface area contributed by atoms with Gasteiger partial charge in [-0.2, -0.15) is 11.3 Å². The molecule has 0 bridgehead atoms. The van der Waals surface area contributed by atoms with E-state index in [1.165, 1.54) is 12.0 Å². The molecule has 0 saturated carbocycles. The molecule has 2 heterocycles. The topological polar surface area (TPSA) is 15.3 Å². The molecular formula is C14H24N2S. The average molecular weight is 252 g/mol. The summed E-state index contributed by atoms with van der Waals surface area (Å²) in [5, 5.41) is 8.14. The van der Waals surface area contributed by atoms with Gasteiger partial charge in [-0.15, -0.1) is 0 Å². The Bertz CT molecular complexity index is 358. The number of hydrogen-bond acceptors (Lipinski definition) is 3. The Balaban J connectivity index is 2.11. The lowest BCUT2D eigenvalue weighted by atomic mass is 9.88. The van der Waals surface area contributed by atoms with E-state index in [1.54, 1.807) is 11.3 Å². The summed E-state index contributed by atoms with van der Waals surface area (Å²) in [4.78, 5) is 2.62. The van der Waals surface area contributed by atoms with E-state index in [9.17, 15) is 0 Å². The van der Waals surface area contributed by atoms with Crippen LogP contribution in [-0.2, 0) is 6.54 Å². The molecule has 96 valence electrons. The Morgan fingerprint density at radius 1 is 1.41 bits per heavy atom. The molecule has 0 aliphatic carbocycles. The van der Waals surface area contributed by atoms with Crippen LogP contribution in [0.2, 0.25) is 0 Å². The predicted octanol–water partition coefficient (Wildman–Crippen LogP) is 3.10. The Morgan fingerprint density at radius 2 is 2.18 bits per heavy atom. The molecule has 0 aromatic carbocycles. The van der Waals surface area contributed by atoms with Gasteiger partial charge < -0.3 is 5.32 Å². The number of thiophene rings is 1. The molecule has 1 aliphatic rings. The van der Waals surface area contributed by atoms with Crippen LogP contribution in [0.15, 0.2) is 16.8 Å². The van der Waals surface area contributed by atoms with Crippen LogP contribution in [0.1, 0.15) is 39.7 Å². The smallest absolute Gasteiger partial charge is 0.0282 e. The van der Waals surface area contributed by atoms with Crippen molar-refractivity contribution < 1.29 is 0 Å². The summed E-state index contributed by atoms with van der Waals surface area (Å²) in [6, 6.07) is 2.24. The maximum atomic E-state index is 3.71. The molecule has 1 saturated heterocycles. The molecular weight excluding hydrogens is 228 g/mol. The Hall–Kier alpha value is -0.380. The predicted molar refractivity (Wildman–Crippen MR) is 75.5 cm³/mol. The molecule has 1 aromatic heterocycles. The molecule has 2 rings (SSSR count). The minimum absolute atomic E-state index is 0.247. The van der Waals surface area contributed by atoms with Crippen LogP contribution in [-0.4, -0.2) is 29.1 Å². The van der Waals surface area contributed by atoms with Gasteiger partial charge in [0.05, 0.1) is 0 Å². The summed E-state index contributed by atoms with van der Waals surface area (Å²) < 4.78 is 0. The van der Waals surface area contributed by atoms with Gasteiger partial charge in [0.1, 0.15) is 0 Å². The summed E-state index contributed by atoms with van der Waals surface area (Å²) >= 11 is 1.79. The van der Waals surface area contributed by atoms with E-state index >= 15 is 0 Å². The second-order valence-electron chi connectivity index (χ2n) is 6.07. The average Bonchev–Trinajstić information content (AvgIpc) is 2.77. The van der Waals surface area contributed by atoms with E-state index in [0.29, 0.717) is 0 Å². The van der Waals surface area contributed by atoms with E-state index < -0.39 is 0 Å². The van der Waals surface area contributed by atoms with Crippen LogP contribution in [0, 0.1) is 0 Å². The zero-order chi connectivity index (χ0) is 12.5. The summed E-state index contributed by atoms with van der Waals surface area (Å²) in [6.07, 6.45) is 1.18. The Morgan fingerprint density at radius 3 is 2.76 bits per heavy atom. The van der Waals surface area contributed by atoms with Crippen LogP contribution < -0.4 is 5.32 Å².